The van der Waals surface area contributed by atoms with Crippen molar-refractivity contribution in [3.05, 3.63) is 29.8 Å². The Balaban J connectivity index is 2.35. The summed E-state index contributed by atoms with van der Waals surface area (Å²) in [5, 5.41) is 2.47. The van der Waals surface area contributed by atoms with Crippen molar-refractivity contribution in [2.24, 2.45) is 0 Å². The van der Waals surface area contributed by atoms with E-state index in [1.165, 1.54) is 0 Å². The van der Waals surface area contributed by atoms with Gasteiger partial charge in [0.25, 0.3) is 0 Å². The van der Waals surface area contributed by atoms with Gasteiger partial charge in [0.15, 0.2) is 0 Å². The molecule has 124 valence electrons. The van der Waals surface area contributed by atoms with Crippen molar-refractivity contribution in [1.82, 2.24) is 10.2 Å². The molecule has 22 heavy (non-hydrogen) atoms. The zero-order chi connectivity index (χ0) is 16.6. The lowest BCUT2D eigenvalue weighted by atomic mass is 10.1. The van der Waals surface area contributed by atoms with Crippen molar-refractivity contribution in [1.29, 1.82) is 0 Å². The van der Waals surface area contributed by atoms with Crippen LogP contribution in [0.4, 0.5) is 18.0 Å². The molecule has 0 aliphatic heterocycles. The van der Waals surface area contributed by atoms with Crippen LogP contribution in [-0.4, -0.2) is 43.9 Å². The summed E-state index contributed by atoms with van der Waals surface area (Å²) in [5.41, 5.74) is 1.02. The lowest BCUT2D eigenvalue weighted by Crippen LogP contribution is -2.42. The number of nitrogens with one attached hydrogen (secondary N) is 1. The molecule has 0 aliphatic rings. The molecule has 2 amide bonds. The average molecular weight is 318 g/mol. The van der Waals surface area contributed by atoms with Crippen LogP contribution in [0.15, 0.2) is 24.3 Å². The number of ether oxygens (including phenoxy) is 1. The normalized spacial score (nSPS) is 11.1. The number of halogens is 3. The molecule has 1 aromatic carbocycles. The van der Waals surface area contributed by atoms with Crippen molar-refractivity contribution in [2.75, 3.05) is 26.7 Å². The summed E-state index contributed by atoms with van der Waals surface area (Å²) in [5.74, 6) is 0.797. The molecule has 0 fully saturated rings. The van der Waals surface area contributed by atoms with E-state index in [2.05, 4.69) is 5.32 Å². The number of amides is 2. The van der Waals surface area contributed by atoms with Gasteiger partial charge < -0.3 is 15.0 Å². The summed E-state index contributed by atoms with van der Waals surface area (Å²) in [7, 11) is 1.12. The fourth-order valence-corrected chi connectivity index (χ4v) is 1.96. The molecule has 0 spiro atoms. The molecule has 0 bridgehead atoms. The summed E-state index contributed by atoms with van der Waals surface area (Å²) in [6, 6.07) is 6.85. The van der Waals surface area contributed by atoms with E-state index in [1.807, 2.05) is 31.2 Å². The molecule has 0 aromatic heterocycles. The molecule has 1 N–H and O–H groups in total. The Morgan fingerprint density at radius 1 is 1.32 bits per heavy atom. The fourth-order valence-electron chi connectivity index (χ4n) is 1.96. The number of hydrogen-bond donors (Lipinski definition) is 1. The predicted molar refractivity (Wildman–Crippen MR) is 78.0 cm³/mol. The second-order valence-corrected chi connectivity index (χ2v) is 4.85. The predicted octanol–water partition coefficient (Wildman–Crippen LogP) is 3.22. The largest absolute Gasteiger partial charge is 0.494 e. The van der Waals surface area contributed by atoms with Crippen LogP contribution in [0.5, 0.6) is 5.75 Å². The molecule has 0 saturated carbocycles. The van der Waals surface area contributed by atoms with Crippen molar-refractivity contribution < 1.29 is 22.7 Å². The van der Waals surface area contributed by atoms with Crippen LogP contribution in [0.25, 0.3) is 0 Å². The highest BCUT2D eigenvalue weighted by molar-refractivity contribution is 5.73. The van der Waals surface area contributed by atoms with Crippen LogP contribution in [0.3, 0.4) is 0 Å². The van der Waals surface area contributed by atoms with Crippen LogP contribution in [0, 0.1) is 0 Å². The van der Waals surface area contributed by atoms with Crippen molar-refractivity contribution in [2.45, 2.75) is 25.9 Å². The molecule has 0 heterocycles. The minimum Gasteiger partial charge on any atom is -0.494 e. The molecular formula is C15H21F3N2O2. The summed E-state index contributed by atoms with van der Waals surface area (Å²) in [4.78, 5) is 12.1. The van der Waals surface area contributed by atoms with E-state index < -0.39 is 18.8 Å². The Labute approximate surface area is 128 Å². The third-order valence-electron chi connectivity index (χ3n) is 2.93. The zero-order valence-corrected chi connectivity index (χ0v) is 12.7. The molecule has 0 atom stereocenters. The molecule has 0 unspecified atom stereocenters. The quantitative estimate of drug-likeness (QED) is 0.784. The first-order chi connectivity index (χ1) is 10.3. The Hall–Kier alpha value is -1.92. The van der Waals surface area contributed by atoms with Gasteiger partial charge in [-0.15, -0.1) is 0 Å². The van der Waals surface area contributed by atoms with Gasteiger partial charge in [0.05, 0.1) is 6.61 Å². The second-order valence-electron chi connectivity index (χ2n) is 4.85. The Morgan fingerprint density at radius 2 is 2.00 bits per heavy atom. The van der Waals surface area contributed by atoms with Crippen LogP contribution in [-0.2, 0) is 6.42 Å². The molecule has 1 rings (SSSR count). The van der Waals surface area contributed by atoms with E-state index in [0.29, 0.717) is 30.9 Å². The minimum atomic E-state index is -4.39. The minimum absolute atomic E-state index is 0.307. The number of benzene rings is 1. The standard InChI is InChI=1S/C15H21F3N2O2/c1-3-22-13-9-5-4-7-12(13)8-6-10-19-14(21)20(2)11-15(16,17)18/h4-5,7,9H,3,6,8,10-11H2,1-2H3,(H,19,21). The highest BCUT2D eigenvalue weighted by Crippen LogP contribution is 2.19. The van der Waals surface area contributed by atoms with E-state index in [1.54, 1.807) is 0 Å². The zero-order valence-electron chi connectivity index (χ0n) is 12.7. The van der Waals surface area contributed by atoms with Gasteiger partial charge in [-0.3, -0.25) is 0 Å². The highest BCUT2D eigenvalue weighted by atomic mass is 19.4. The van der Waals surface area contributed by atoms with Gasteiger partial charge in [0.1, 0.15) is 12.3 Å². The maximum Gasteiger partial charge on any atom is 0.406 e. The van der Waals surface area contributed by atoms with Crippen molar-refractivity contribution in [3.8, 4) is 5.75 Å². The molecule has 0 radical (unpaired) electrons. The average Bonchev–Trinajstić information content (AvgIpc) is 2.43. The summed E-state index contributed by atoms with van der Waals surface area (Å²) in [6.45, 7) is 1.51. The third-order valence-corrected chi connectivity index (χ3v) is 2.93. The fraction of sp³-hybridized carbons (Fsp3) is 0.533. The Morgan fingerprint density at radius 3 is 2.64 bits per heavy atom. The smallest absolute Gasteiger partial charge is 0.406 e. The molecule has 0 saturated heterocycles. The van der Waals surface area contributed by atoms with E-state index in [0.717, 1.165) is 18.4 Å². The lowest BCUT2D eigenvalue weighted by molar-refractivity contribution is -0.137. The molecule has 7 heteroatoms. The van der Waals surface area contributed by atoms with Crippen LogP contribution in [0.1, 0.15) is 18.9 Å². The van der Waals surface area contributed by atoms with Gasteiger partial charge in [0, 0.05) is 13.6 Å². The van der Waals surface area contributed by atoms with Crippen LogP contribution >= 0.6 is 0 Å². The summed E-state index contributed by atoms with van der Waals surface area (Å²) < 4.78 is 42.0. The number of aryl methyl sites for hydroxylation is 1. The van der Waals surface area contributed by atoms with Gasteiger partial charge in [0.2, 0.25) is 0 Å². The number of rotatable bonds is 7. The van der Waals surface area contributed by atoms with E-state index in [-0.39, 0.29) is 0 Å². The monoisotopic (exact) mass is 318 g/mol. The molecular weight excluding hydrogens is 297 g/mol. The summed E-state index contributed by atoms with van der Waals surface area (Å²) in [6.07, 6.45) is -3.09. The molecule has 0 aliphatic carbocycles. The maximum absolute atomic E-state index is 12.2. The molecule has 4 nitrogen and oxygen atoms in total. The Bertz CT molecular complexity index is 478. The topological polar surface area (TPSA) is 41.6 Å². The SMILES string of the molecule is CCOc1ccccc1CCCNC(=O)N(C)CC(F)(F)F. The maximum atomic E-state index is 12.2. The van der Waals surface area contributed by atoms with Gasteiger partial charge in [-0.25, -0.2) is 4.79 Å². The number of carbonyl (C=O) groups excluding carboxylic acids is 1. The first-order valence-corrected chi connectivity index (χ1v) is 7.10. The number of urea groups is 1. The lowest BCUT2D eigenvalue weighted by Gasteiger charge is -2.19. The number of nitrogens with zero attached hydrogens (tertiary/aromatic N) is 1. The van der Waals surface area contributed by atoms with Crippen LogP contribution in [0.2, 0.25) is 0 Å². The first kappa shape index (κ1) is 18.1. The number of alkyl halides is 3. The van der Waals surface area contributed by atoms with Gasteiger partial charge >= 0.3 is 12.2 Å². The number of hydrogen-bond acceptors (Lipinski definition) is 2. The number of para-hydroxylation sites is 1. The Kier molecular flexibility index (Phi) is 7.01. The van der Waals surface area contributed by atoms with Crippen LogP contribution < -0.4 is 10.1 Å². The molecule has 1 aromatic rings. The number of carbonyl (C=O) groups is 1. The summed E-state index contributed by atoms with van der Waals surface area (Å²) >= 11 is 0. The van der Waals surface area contributed by atoms with E-state index in [4.69, 9.17) is 4.74 Å². The second kappa shape index (κ2) is 8.51. The third kappa shape index (κ3) is 6.69. The van der Waals surface area contributed by atoms with Gasteiger partial charge in [-0.2, -0.15) is 13.2 Å². The first-order valence-electron chi connectivity index (χ1n) is 7.10. The van der Waals surface area contributed by atoms with E-state index >= 15 is 0 Å². The van der Waals surface area contributed by atoms with Crippen molar-refractivity contribution in [3.63, 3.8) is 0 Å². The van der Waals surface area contributed by atoms with Gasteiger partial charge in [-0.1, -0.05) is 18.2 Å². The van der Waals surface area contributed by atoms with E-state index in [9.17, 15) is 18.0 Å². The van der Waals surface area contributed by atoms with Crippen molar-refractivity contribution >= 4 is 6.03 Å². The van der Waals surface area contributed by atoms with Gasteiger partial charge in [-0.05, 0) is 31.4 Å². The highest BCUT2D eigenvalue weighted by Gasteiger charge is 2.31.